The lowest BCUT2D eigenvalue weighted by molar-refractivity contribution is -0.142. The average Bonchev–Trinajstić information content (AvgIpc) is 2.69. The van der Waals surface area contributed by atoms with Crippen LogP contribution in [0.2, 0.25) is 0 Å². The van der Waals surface area contributed by atoms with Gasteiger partial charge in [0.05, 0.1) is 0 Å². The normalized spacial score (nSPS) is 11.5. The second-order valence-electron chi connectivity index (χ2n) is 6.22. The molecule has 0 unspecified atom stereocenters. The second-order valence-corrected chi connectivity index (χ2v) is 7.13. The zero-order valence-electron chi connectivity index (χ0n) is 15.7. The first kappa shape index (κ1) is 21.0. The van der Waals surface area contributed by atoms with Gasteiger partial charge in [-0.15, -0.1) is 0 Å². The van der Waals surface area contributed by atoms with Crippen molar-refractivity contribution in [2.75, 3.05) is 13.2 Å². The molecule has 5 nitrogen and oxygen atoms in total. The minimum atomic E-state index is -0.585. The highest BCUT2D eigenvalue weighted by Crippen LogP contribution is 2.17. The van der Waals surface area contributed by atoms with E-state index in [1.807, 2.05) is 49.4 Å². The SMILES string of the molecule is CCCNC(=O)[C@@H](C)N(Cc1ccccc1)C(=O)COc1ccc(Br)cc1. The number of ether oxygens (including phenoxy) is 1. The third-order valence-corrected chi connectivity index (χ3v) is 4.62. The van der Waals surface area contributed by atoms with Gasteiger partial charge in [-0.2, -0.15) is 0 Å². The molecule has 0 spiro atoms. The molecule has 0 heterocycles. The molecule has 2 rings (SSSR count). The molecule has 0 aliphatic rings. The monoisotopic (exact) mass is 432 g/mol. The number of benzene rings is 2. The van der Waals surface area contributed by atoms with Crippen LogP contribution >= 0.6 is 15.9 Å². The lowest BCUT2D eigenvalue weighted by atomic mass is 10.1. The molecule has 6 heteroatoms. The van der Waals surface area contributed by atoms with Crippen molar-refractivity contribution >= 4 is 27.7 Å². The molecule has 27 heavy (non-hydrogen) atoms. The maximum absolute atomic E-state index is 12.8. The number of carbonyl (C=O) groups excluding carboxylic acids is 2. The van der Waals surface area contributed by atoms with E-state index in [-0.39, 0.29) is 18.4 Å². The lowest BCUT2D eigenvalue weighted by Gasteiger charge is -2.28. The first-order valence-corrected chi connectivity index (χ1v) is 9.80. The van der Waals surface area contributed by atoms with Crippen molar-refractivity contribution in [3.05, 3.63) is 64.6 Å². The maximum atomic E-state index is 12.8. The Bertz CT molecular complexity index is 735. The van der Waals surface area contributed by atoms with Gasteiger partial charge in [0, 0.05) is 17.6 Å². The molecule has 0 saturated carbocycles. The number of nitrogens with zero attached hydrogens (tertiary/aromatic N) is 1. The average molecular weight is 433 g/mol. The predicted molar refractivity (Wildman–Crippen MR) is 109 cm³/mol. The molecular weight excluding hydrogens is 408 g/mol. The van der Waals surface area contributed by atoms with E-state index >= 15 is 0 Å². The molecule has 1 atom stereocenters. The highest BCUT2D eigenvalue weighted by atomic mass is 79.9. The largest absolute Gasteiger partial charge is 0.484 e. The zero-order chi connectivity index (χ0) is 19.6. The highest BCUT2D eigenvalue weighted by molar-refractivity contribution is 9.10. The predicted octanol–water partition coefficient (Wildman–Crippen LogP) is 3.77. The summed E-state index contributed by atoms with van der Waals surface area (Å²) in [7, 11) is 0. The van der Waals surface area contributed by atoms with E-state index in [9.17, 15) is 9.59 Å². The quantitative estimate of drug-likeness (QED) is 0.655. The maximum Gasteiger partial charge on any atom is 0.261 e. The summed E-state index contributed by atoms with van der Waals surface area (Å²) >= 11 is 3.37. The lowest BCUT2D eigenvalue weighted by Crippen LogP contribution is -2.49. The third-order valence-electron chi connectivity index (χ3n) is 4.09. The number of halogens is 1. The van der Waals surface area contributed by atoms with Crippen LogP contribution in [0.3, 0.4) is 0 Å². The van der Waals surface area contributed by atoms with Gasteiger partial charge in [0.25, 0.3) is 5.91 Å². The van der Waals surface area contributed by atoms with Gasteiger partial charge in [-0.05, 0) is 43.2 Å². The fourth-order valence-electron chi connectivity index (χ4n) is 2.52. The van der Waals surface area contributed by atoms with Gasteiger partial charge in [-0.3, -0.25) is 9.59 Å². The molecule has 0 aliphatic heterocycles. The molecule has 2 aromatic carbocycles. The first-order chi connectivity index (χ1) is 13.0. The van der Waals surface area contributed by atoms with Gasteiger partial charge < -0.3 is 15.0 Å². The van der Waals surface area contributed by atoms with Crippen molar-refractivity contribution in [2.45, 2.75) is 32.9 Å². The molecule has 0 bridgehead atoms. The van der Waals surface area contributed by atoms with Crippen LogP contribution in [0.4, 0.5) is 0 Å². The number of carbonyl (C=O) groups is 2. The van der Waals surface area contributed by atoms with Gasteiger partial charge in [-0.25, -0.2) is 0 Å². The Morgan fingerprint density at radius 1 is 1.11 bits per heavy atom. The minimum Gasteiger partial charge on any atom is -0.484 e. The smallest absolute Gasteiger partial charge is 0.261 e. The van der Waals surface area contributed by atoms with Crippen molar-refractivity contribution in [1.82, 2.24) is 10.2 Å². The number of rotatable bonds is 9. The molecule has 2 aromatic rings. The van der Waals surface area contributed by atoms with Crippen molar-refractivity contribution in [3.63, 3.8) is 0 Å². The third kappa shape index (κ3) is 6.71. The van der Waals surface area contributed by atoms with Crippen LogP contribution in [0.1, 0.15) is 25.8 Å². The topological polar surface area (TPSA) is 58.6 Å². The Morgan fingerprint density at radius 3 is 2.41 bits per heavy atom. The molecule has 1 N–H and O–H groups in total. The van der Waals surface area contributed by atoms with Gasteiger partial charge in [0.1, 0.15) is 11.8 Å². The minimum absolute atomic E-state index is 0.125. The van der Waals surface area contributed by atoms with Crippen molar-refractivity contribution < 1.29 is 14.3 Å². The highest BCUT2D eigenvalue weighted by Gasteiger charge is 2.26. The Hall–Kier alpha value is -2.34. The molecule has 0 fully saturated rings. The zero-order valence-corrected chi connectivity index (χ0v) is 17.2. The van der Waals surface area contributed by atoms with E-state index < -0.39 is 6.04 Å². The number of amides is 2. The van der Waals surface area contributed by atoms with E-state index in [1.165, 1.54) is 0 Å². The van der Waals surface area contributed by atoms with Crippen LogP contribution < -0.4 is 10.1 Å². The Kier molecular flexibility index (Phi) is 8.33. The van der Waals surface area contributed by atoms with Gasteiger partial charge in [0.2, 0.25) is 5.91 Å². The summed E-state index contributed by atoms with van der Waals surface area (Å²) < 4.78 is 6.55. The number of hydrogen-bond acceptors (Lipinski definition) is 3. The number of hydrogen-bond donors (Lipinski definition) is 1. The van der Waals surface area contributed by atoms with E-state index in [4.69, 9.17) is 4.74 Å². The summed E-state index contributed by atoms with van der Waals surface area (Å²) in [4.78, 5) is 26.8. The summed E-state index contributed by atoms with van der Waals surface area (Å²) in [5, 5.41) is 2.85. The molecule has 0 saturated heterocycles. The van der Waals surface area contributed by atoms with Crippen LogP contribution in [-0.4, -0.2) is 35.9 Å². The standard InChI is InChI=1S/C21H25BrN2O3/c1-3-13-23-21(26)16(2)24(14-17-7-5-4-6-8-17)20(25)15-27-19-11-9-18(22)10-12-19/h4-12,16H,3,13-15H2,1-2H3,(H,23,26)/t16-/m1/s1. The Labute approximate surface area is 168 Å². The molecular formula is C21H25BrN2O3. The van der Waals surface area contributed by atoms with Gasteiger partial charge in [0.15, 0.2) is 6.61 Å². The van der Waals surface area contributed by atoms with Crippen LogP contribution in [-0.2, 0) is 16.1 Å². The van der Waals surface area contributed by atoms with Crippen LogP contribution in [0.15, 0.2) is 59.1 Å². The summed E-state index contributed by atoms with van der Waals surface area (Å²) in [5.74, 6) is 0.208. The van der Waals surface area contributed by atoms with Crippen molar-refractivity contribution in [1.29, 1.82) is 0 Å². The summed E-state index contributed by atoms with van der Waals surface area (Å²) in [6.45, 7) is 4.55. The second kappa shape index (κ2) is 10.7. The molecule has 0 aliphatic carbocycles. The van der Waals surface area contributed by atoms with Gasteiger partial charge >= 0.3 is 0 Å². The molecule has 2 amide bonds. The fourth-order valence-corrected chi connectivity index (χ4v) is 2.78. The Balaban J connectivity index is 2.08. The van der Waals surface area contributed by atoms with E-state index in [1.54, 1.807) is 24.0 Å². The van der Waals surface area contributed by atoms with Crippen LogP contribution in [0.25, 0.3) is 0 Å². The molecule has 144 valence electrons. The molecule has 0 radical (unpaired) electrons. The first-order valence-electron chi connectivity index (χ1n) is 9.00. The van der Waals surface area contributed by atoms with Crippen molar-refractivity contribution in [2.24, 2.45) is 0 Å². The fraction of sp³-hybridized carbons (Fsp3) is 0.333. The van der Waals surface area contributed by atoms with E-state index in [0.29, 0.717) is 18.8 Å². The van der Waals surface area contributed by atoms with Crippen molar-refractivity contribution in [3.8, 4) is 5.75 Å². The molecule has 0 aromatic heterocycles. The van der Waals surface area contributed by atoms with E-state index in [2.05, 4.69) is 21.2 Å². The summed E-state index contributed by atoms with van der Waals surface area (Å²) in [6.07, 6.45) is 0.845. The summed E-state index contributed by atoms with van der Waals surface area (Å²) in [5.41, 5.74) is 0.963. The number of nitrogens with one attached hydrogen (secondary N) is 1. The van der Waals surface area contributed by atoms with Gasteiger partial charge in [-0.1, -0.05) is 53.2 Å². The van der Waals surface area contributed by atoms with Crippen LogP contribution in [0, 0.1) is 0 Å². The summed E-state index contributed by atoms with van der Waals surface area (Å²) in [6, 6.07) is 16.3. The Morgan fingerprint density at radius 2 is 1.78 bits per heavy atom. The van der Waals surface area contributed by atoms with Crippen LogP contribution in [0.5, 0.6) is 5.75 Å². The van der Waals surface area contributed by atoms with E-state index in [0.717, 1.165) is 16.5 Å².